The molecule has 0 saturated heterocycles. The average Bonchev–Trinajstić information content (AvgIpc) is 3.12. The van der Waals surface area contributed by atoms with E-state index in [0.29, 0.717) is 28.1 Å². The van der Waals surface area contributed by atoms with Gasteiger partial charge in [-0.3, -0.25) is 4.79 Å². The number of carbonyl (C=O) groups excluding carboxylic acids is 1. The topological polar surface area (TPSA) is 51.2 Å². The van der Waals surface area contributed by atoms with E-state index in [0.717, 1.165) is 12.0 Å². The van der Waals surface area contributed by atoms with Crippen LogP contribution in [0.4, 0.5) is 10.1 Å². The summed E-state index contributed by atoms with van der Waals surface area (Å²) in [7, 11) is 0. The van der Waals surface area contributed by atoms with Crippen molar-refractivity contribution < 1.29 is 13.9 Å². The van der Waals surface area contributed by atoms with Crippen LogP contribution in [0.25, 0.3) is 10.6 Å². The van der Waals surface area contributed by atoms with Crippen molar-refractivity contribution in [2.24, 2.45) is 0 Å². The molecule has 0 aliphatic carbocycles. The van der Waals surface area contributed by atoms with Gasteiger partial charge in [0.1, 0.15) is 22.3 Å². The van der Waals surface area contributed by atoms with Crippen LogP contribution in [-0.2, 0) is 0 Å². The van der Waals surface area contributed by atoms with Crippen LogP contribution < -0.4 is 10.1 Å². The van der Waals surface area contributed by atoms with E-state index in [1.54, 1.807) is 11.4 Å². The number of carbonyl (C=O) groups is 1. The van der Waals surface area contributed by atoms with E-state index in [1.807, 2.05) is 19.1 Å². The molecule has 3 rings (SSSR count). The number of halogens is 2. The monoisotopic (exact) mass is 390 g/mol. The quantitative estimate of drug-likeness (QED) is 0.592. The van der Waals surface area contributed by atoms with Crippen molar-refractivity contribution in [1.82, 2.24) is 4.98 Å². The lowest BCUT2D eigenvalue weighted by atomic mass is 10.2. The number of amides is 1. The van der Waals surface area contributed by atoms with Gasteiger partial charge in [-0.15, -0.1) is 11.3 Å². The molecule has 0 aliphatic heterocycles. The highest BCUT2D eigenvalue weighted by atomic mass is 35.5. The first kappa shape index (κ1) is 18.4. The van der Waals surface area contributed by atoms with Crippen LogP contribution in [0.1, 0.15) is 23.8 Å². The molecule has 134 valence electrons. The van der Waals surface area contributed by atoms with Crippen LogP contribution in [-0.4, -0.2) is 17.5 Å². The summed E-state index contributed by atoms with van der Waals surface area (Å²) in [5.41, 5.74) is 1.51. The minimum atomic E-state index is -0.363. The molecule has 0 spiro atoms. The van der Waals surface area contributed by atoms with Gasteiger partial charge in [-0.2, -0.15) is 0 Å². The lowest BCUT2D eigenvalue weighted by Crippen LogP contribution is -2.12. The average molecular weight is 391 g/mol. The summed E-state index contributed by atoms with van der Waals surface area (Å²) in [5, 5.41) is 5.49. The van der Waals surface area contributed by atoms with E-state index in [2.05, 4.69) is 10.3 Å². The Kier molecular flexibility index (Phi) is 5.85. The summed E-state index contributed by atoms with van der Waals surface area (Å²) < 4.78 is 18.5. The van der Waals surface area contributed by atoms with Crippen LogP contribution in [0, 0.1) is 5.82 Å². The van der Waals surface area contributed by atoms with E-state index < -0.39 is 0 Å². The predicted octanol–water partition coefficient (Wildman–Crippen LogP) is 5.64. The standard InChI is InChI=1S/C19H16ClFN2O2S/c1-2-9-25-14-7-8-15(16(20)10-14)19-23-17(11-26-19)18(24)22-13-5-3-12(21)4-6-13/h3-8,10-11H,2,9H2,1H3,(H,22,24). The van der Waals surface area contributed by atoms with E-state index in [4.69, 9.17) is 16.3 Å². The van der Waals surface area contributed by atoms with E-state index in [-0.39, 0.29) is 17.4 Å². The number of thiazole rings is 1. The Balaban J connectivity index is 1.74. The molecule has 0 fully saturated rings. The van der Waals surface area contributed by atoms with Crippen molar-refractivity contribution in [1.29, 1.82) is 0 Å². The Bertz CT molecular complexity index is 912. The van der Waals surface area contributed by atoms with Gasteiger partial charge in [-0.25, -0.2) is 9.37 Å². The number of nitrogens with one attached hydrogen (secondary N) is 1. The van der Waals surface area contributed by atoms with Crippen molar-refractivity contribution in [3.8, 4) is 16.3 Å². The molecule has 1 amide bonds. The van der Waals surface area contributed by atoms with Crippen LogP contribution in [0.2, 0.25) is 5.02 Å². The molecule has 0 unspecified atom stereocenters. The third-order valence-electron chi connectivity index (χ3n) is 3.48. The summed E-state index contributed by atoms with van der Waals surface area (Å²) in [5.74, 6) is -0.0236. The second kappa shape index (κ2) is 8.29. The molecular weight excluding hydrogens is 375 g/mol. The maximum Gasteiger partial charge on any atom is 0.275 e. The number of ether oxygens (including phenoxy) is 1. The third kappa shape index (κ3) is 4.39. The summed E-state index contributed by atoms with van der Waals surface area (Å²) in [4.78, 5) is 16.6. The highest BCUT2D eigenvalue weighted by Gasteiger charge is 2.14. The number of nitrogens with zero attached hydrogens (tertiary/aromatic N) is 1. The van der Waals surface area contributed by atoms with Crippen LogP contribution >= 0.6 is 22.9 Å². The first-order valence-electron chi connectivity index (χ1n) is 8.02. The van der Waals surface area contributed by atoms with Gasteiger partial charge in [0.2, 0.25) is 0 Å². The molecule has 4 nitrogen and oxygen atoms in total. The summed E-state index contributed by atoms with van der Waals surface area (Å²) >= 11 is 7.65. The summed E-state index contributed by atoms with van der Waals surface area (Å²) in [6.07, 6.45) is 0.915. The second-order valence-corrected chi connectivity index (χ2v) is 6.75. The first-order valence-corrected chi connectivity index (χ1v) is 9.27. The zero-order valence-electron chi connectivity index (χ0n) is 14.0. The molecule has 0 aliphatic rings. The number of hydrogen-bond acceptors (Lipinski definition) is 4. The zero-order valence-corrected chi connectivity index (χ0v) is 15.5. The maximum atomic E-state index is 12.9. The van der Waals surface area contributed by atoms with Gasteiger partial charge in [0.05, 0.1) is 11.6 Å². The number of benzene rings is 2. The normalized spacial score (nSPS) is 10.6. The van der Waals surface area contributed by atoms with Gasteiger partial charge in [0, 0.05) is 16.6 Å². The molecule has 0 atom stereocenters. The van der Waals surface area contributed by atoms with Crippen molar-refractivity contribution >= 4 is 34.5 Å². The van der Waals surface area contributed by atoms with Gasteiger partial charge in [-0.05, 0) is 48.9 Å². The molecule has 1 N–H and O–H groups in total. The molecule has 0 bridgehead atoms. The highest BCUT2D eigenvalue weighted by molar-refractivity contribution is 7.13. The van der Waals surface area contributed by atoms with Crippen molar-refractivity contribution in [3.63, 3.8) is 0 Å². The van der Waals surface area contributed by atoms with Gasteiger partial charge in [0.15, 0.2) is 0 Å². The number of anilines is 1. The first-order chi connectivity index (χ1) is 12.6. The van der Waals surface area contributed by atoms with E-state index in [1.165, 1.54) is 35.6 Å². The van der Waals surface area contributed by atoms with Crippen LogP contribution in [0.15, 0.2) is 47.8 Å². The van der Waals surface area contributed by atoms with Gasteiger partial charge in [0.25, 0.3) is 5.91 Å². The third-order valence-corrected chi connectivity index (χ3v) is 4.67. The predicted molar refractivity (Wildman–Crippen MR) is 103 cm³/mol. The zero-order chi connectivity index (χ0) is 18.5. The number of rotatable bonds is 6. The van der Waals surface area contributed by atoms with Crippen LogP contribution in [0.3, 0.4) is 0 Å². The van der Waals surface area contributed by atoms with Gasteiger partial charge in [-0.1, -0.05) is 18.5 Å². The molecular formula is C19H16ClFN2O2S. The lowest BCUT2D eigenvalue weighted by molar-refractivity contribution is 0.102. The Morgan fingerprint density at radius 3 is 2.73 bits per heavy atom. The summed E-state index contributed by atoms with van der Waals surface area (Å²) in [6.45, 7) is 2.66. The Morgan fingerprint density at radius 1 is 1.27 bits per heavy atom. The largest absolute Gasteiger partial charge is 0.494 e. The van der Waals surface area contributed by atoms with Crippen molar-refractivity contribution in [3.05, 3.63) is 64.4 Å². The van der Waals surface area contributed by atoms with E-state index >= 15 is 0 Å². The van der Waals surface area contributed by atoms with Crippen molar-refractivity contribution in [2.75, 3.05) is 11.9 Å². The Morgan fingerprint density at radius 2 is 2.04 bits per heavy atom. The van der Waals surface area contributed by atoms with E-state index in [9.17, 15) is 9.18 Å². The molecule has 2 aromatic carbocycles. The minimum Gasteiger partial charge on any atom is -0.494 e. The molecule has 0 saturated carbocycles. The maximum absolute atomic E-state index is 12.9. The second-order valence-electron chi connectivity index (χ2n) is 5.49. The Labute approximate surface area is 159 Å². The fraction of sp³-hybridized carbons (Fsp3) is 0.158. The molecule has 1 aromatic heterocycles. The Hall–Kier alpha value is -2.44. The van der Waals surface area contributed by atoms with Crippen LogP contribution in [0.5, 0.6) is 5.75 Å². The summed E-state index contributed by atoms with van der Waals surface area (Å²) in [6, 6.07) is 10.9. The molecule has 1 heterocycles. The fourth-order valence-electron chi connectivity index (χ4n) is 2.21. The molecule has 3 aromatic rings. The smallest absolute Gasteiger partial charge is 0.275 e. The molecule has 26 heavy (non-hydrogen) atoms. The fourth-order valence-corrected chi connectivity index (χ4v) is 3.36. The van der Waals surface area contributed by atoms with Crippen molar-refractivity contribution in [2.45, 2.75) is 13.3 Å². The SMILES string of the molecule is CCCOc1ccc(-c2nc(C(=O)Nc3ccc(F)cc3)cs2)c(Cl)c1. The number of aromatic nitrogens is 1. The highest BCUT2D eigenvalue weighted by Crippen LogP contribution is 2.33. The van der Waals surface area contributed by atoms with Gasteiger partial charge < -0.3 is 10.1 Å². The lowest BCUT2D eigenvalue weighted by Gasteiger charge is -2.07. The molecule has 7 heteroatoms. The molecule has 0 radical (unpaired) electrons. The minimum absolute atomic E-state index is 0.275. The van der Waals surface area contributed by atoms with Gasteiger partial charge >= 0.3 is 0 Å². The number of hydrogen-bond donors (Lipinski definition) is 1.